The first-order chi connectivity index (χ1) is 8.26. The van der Waals surface area contributed by atoms with E-state index in [0.717, 1.165) is 22.3 Å². The highest BCUT2D eigenvalue weighted by molar-refractivity contribution is 9.10. The summed E-state index contributed by atoms with van der Waals surface area (Å²) >= 11 is 3.52. The SMILES string of the molecule is NCc1c(Br)cccc1N1CCOC(CO)C1. The van der Waals surface area contributed by atoms with E-state index in [1.165, 1.54) is 0 Å². The monoisotopic (exact) mass is 300 g/mol. The lowest BCUT2D eigenvalue weighted by Gasteiger charge is -2.35. The van der Waals surface area contributed by atoms with Gasteiger partial charge in [-0.25, -0.2) is 0 Å². The Morgan fingerprint density at radius 1 is 1.53 bits per heavy atom. The first kappa shape index (κ1) is 12.8. The number of nitrogens with two attached hydrogens (primary N) is 1. The van der Waals surface area contributed by atoms with Crippen molar-refractivity contribution in [1.29, 1.82) is 0 Å². The molecule has 1 saturated heterocycles. The molecule has 0 saturated carbocycles. The summed E-state index contributed by atoms with van der Waals surface area (Å²) in [5.41, 5.74) is 8.02. The van der Waals surface area contributed by atoms with Gasteiger partial charge in [0.25, 0.3) is 0 Å². The van der Waals surface area contributed by atoms with Crippen molar-refractivity contribution >= 4 is 21.6 Å². The normalized spacial score (nSPS) is 20.6. The molecule has 3 N–H and O–H groups in total. The maximum absolute atomic E-state index is 9.15. The fourth-order valence-electron chi connectivity index (χ4n) is 2.09. The van der Waals surface area contributed by atoms with Gasteiger partial charge in [-0.05, 0) is 12.1 Å². The van der Waals surface area contributed by atoms with Crippen LogP contribution in [0.25, 0.3) is 0 Å². The molecule has 1 aliphatic heterocycles. The number of morpholine rings is 1. The van der Waals surface area contributed by atoms with Crippen LogP contribution in [0.2, 0.25) is 0 Å². The van der Waals surface area contributed by atoms with Crippen LogP contribution >= 0.6 is 15.9 Å². The molecule has 94 valence electrons. The Morgan fingerprint density at radius 2 is 2.35 bits per heavy atom. The molecular weight excluding hydrogens is 284 g/mol. The third kappa shape index (κ3) is 2.80. The Kier molecular flexibility index (Phi) is 4.39. The number of nitrogens with zero attached hydrogens (tertiary/aromatic N) is 1. The van der Waals surface area contributed by atoms with Gasteiger partial charge in [0.15, 0.2) is 0 Å². The Morgan fingerprint density at radius 3 is 3.06 bits per heavy atom. The van der Waals surface area contributed by atoms with E-state index >= 15 is 0 Å². The van der Waals surface area contributed by atoms with Gasteiger partial charge < -0.3 is 20.5 Å². The van der Waals surface area contributed by atoms with E-state index in [0.29, 0.717) is 19.7 Å². The third-order valence-electron chi connectivity index (χ3n) is 2.98. The number of benzene rings is 1. The van der Waals surface area contributed by atoms with Crippen LogP contribution in [0, 0.1) is 0 Å². The zero-order valence-corrected chi connectivity index (χ0v) is 11.2. The first-order valence-electron chi connectivity index (χ1n) is 5.71. The second-order valence-electron chi connectivity index (χ2n) is 4.06. The highest BCUT2D eigenvalue weighted by Crippen LogP contribution is 2.28. The molecule has 2 rings (SSSR count). The summed E-state index contributed by atoms with van der Waals surface area (Å²) in [5.74, 6) is 0. The van der Waals surface area contributed by atoms with Crippen LogP contribution < -0.4 is 10.6 Å². The predicted molar refractivity (Wildman–Crippen MR) is 71.1 cm³/mol. The van der Waals surface area contributed by atoms with Crippen LogP contribution in [-0.4, -0.2) is 37.5 Å². The van der Waals surface area contributed by atoms with Crippen LogP contribution in [-0.2, 0) is 11.3 Å². The average molecular weight is 301 g/mol. The minimum atomic E-state index is -0.103. The van der Waals surface area contributed by atoms with Crippen molar-refractivity contribution in [1.82, 2.24) is 0 Å². The minimum absolute atomic E-state index is 0.0580. The van der Waals surface area contributed by atoms with E-state index in [1.54, 1.807) is 0 Å². The smallest absolute Gasteiger partial charge is 0.0980 e. The molecule has 1 aliphatic rings. The number of aliphatic hydroxyl groups excluding tert-OH is 1. The molecule has 1 unspecified atom stereocenters. The first-order valence-corrected chi connectivity index (χ1v) is 6.50. The van der Waals surface area contributed by atoms with Crippen molar-refractivity contribution in [2.24, 2.45) is 5.73 Å². The van der Waals surface area contributed by atoms with Gasteiger partial charge in [0.2, 0.25) is 0 Å². The topological polar surface area (TPSA) is 58.7 Å². The zero-order valence-electron chi connectivity index (χ0n) is 9.60. The zero-order chi connectivity index (χ0) is 12.3. The summed E-state index contributed by atoms with van der Waals surface area (Å²) in [7, 11) is 0. The van der Waals surface area contributed by atoms with Crippen molar-refractivity contribution in [2.45, 2.75) is 12.6 Å². The Bertz CT molecular complexity index is 387. The van der Waals surface area contributed by atoms with Crippen molar-refractivity contribution in [2.75, 3.05) is 31.2 Å². The number of rotatable bonds is 3. The van der Waals surface area contributed by atoms with Crippen molar-refractivity contribution in [3.05, 3.63) is 28.2 Å². The van der Waals surface area contributed by atoms with Crippen LogP contribution in [0.3, 0.4) is 0 Å². The Labute approximate surface area is 109 Å². The van der Waals surface area contributed by atoms with Gasteiger partial charge in [-0.15, -0.1) is 0 Å². The van der Waals surface area contributed by atoms with Gasteiger partial charge in [-0.3, -0.25) is 0 Å². The maximum Gasteiger partial charge on any atom is 0.0980 e. The summed E-state index contributed by atoms with van der Waals surface area (Å²) in [6, 6.07) is 6.06. The Hall–Kier alpha value is -0.620. The quantitative estimate of drug-likeness (QED) is 0.878. The molecule has 4 nitrogen and oxygen atoms in total. The van der Waals surface area contributed by atoms with Gasteiger partial charge in [0.05, 0.1) is 19.3 Å². The van der Waals surface area contributed by atoms with E-state index in [4.69, 9.17) is 15.6 Å². The van der Waals surface area contributed by atoms with Crippen LogP contribution in [0.1, 0.15) is 5.56 Å². The Balaban J connectivity index is 2.24. The van der Waals surface area contributed by atoms with Crippen LogP contribution in [0.4, 0.5) is 5.69 Å². The van der Waals surface area contributed by atoms with Gasteiger partial charge in [0, 0.05) is 35.4 Å². The fraction of sp³-hybridized carbons (Fsp3) is 0.500. The molecule has 5 heteroatoms. The lowest BCUT2D eigenvalue weighted by Crippen LogP contribution is -2.44. The largest absolute Gasteiger partial charge is 0.394 e. The molecule has 0 bridgehead atoms. The average Bonchev–Trinajstić information content (AvgIpc) is 2.38. The molecule has 1 heterocycles. The van der Waals surface area contributed by atoms with Crippen molar-refractivity contribution < 1.29 is 9.84 Å². The lowest BCUT2D eigenvalue weighted by molar-refractivity contribution is 0.00352. The number of halogens is 1. The van der Waals surface area contributed by atoms with Crippen molar-refractivity contribution in [3.63, 3.8) is 0 Å². The maximum atomic E-state index is 9.15. The van der Waals surface area contributed by atoms with Gasteiger partial charge >= 0.3 is 0 Å². The van der Waals surface area contributed by atoms with Crippen LogP contribution in [0.5, 0.6) is 0 Å². The molecule has 17 heavy (non-hydrogen) atoms. The van der Waals surface area contributed by atoms with E-state index in [-0.39, 0.29) is 12.7 Å². The summed E-state index contributed by atoms with van der Waals surface area (Å²) in [6.45, 7) is 2.74. The number of anilines is 1. The molecular formula is C12H17BrN2O2. The molecule has 1 aromatic carbocycles. The molecule has 1 aromatic rings. The molecule has 0 aromatic heterocycles. The second kappa shape index (κ2) is 5.82. The summed E-state index contributed by atoms with van der Waals surface area (Å²) < 4.78 is 6.48. The van der Waals surface area contributed by atoms with E-state index in [9.17, 15) is 0 Å². The summed E-state index contributed by atoms with van der Waals surface area (Å²) in [6.07, 6.45) is -0.103. The van der Waals surface area contributed by atoms with Gasteiger partial charge in [-0.2, -0.15) is 0 Å². The number of hydrogen-bond donors (Lipinski definition) is 2. The van der Waals surface area contributed by atoms with E-state index in [2.05, 4.69) is 26.9 Å². The molecule has 0 spiro atoms. The molecule has 1 fully saturated rings. The minimum Gasteiger partial charge on any atom is -0.394 e. The van der Waals surface area contributed by atoms with Crippen molar-refractivity contribution in [3.8, 4) is 0 Å². The molecule has 1 atom stereocenters. The van der Waals surface area contributed by atoms with Crippen LogP contribution in [0.15, 0.2) is 22.7 Å². The lowest BCUT2D eigenvalue weighted by atomic mass is 10.1. The van der Waals surface area contributed by atoms with E-state index < -0.39 is 0 Å². The summed E-state index contributed by atoms with van der Waals surface area (Å²) in [5, 5.41) is 9.15. The van der Waals surface area contributed by atoms with E-state index in [1.807, 2.05) is 12.1 Å². The molecule has 0 aliphatic carbocycles. The predicted octanol–water partition coefficient (Wildman–Crippen LogP) is 1.11. The number of hydrogen-bond acceptors (Lipinski definition) is 4. The third-order valence-corrected chi connectivity index (χ3v) is 3.72. The highest BCUT2D eigenvalue weighted by atomic mass is 79.9. The van der Waals surface area contributed by atoms with Gasteiger partial charge in [0.1, 0.15) is 0 Å². The number of ether oxygens (including phenoxy) is 1. The highest BCUT2D eigenvalue weighted by Gasteiger charge is 2.21. The van der Waals surface area contributed by atoms with Gasteiger partial charge in [-0.1, -0.05) is 22.0 Å². The molecule has 0 radical (unpaired) electrons. The summed E-state index contributed by atoms with van der Waals surface area (Å²) in [4.78, 5) is 2.22. The fourth-order valence-corrected chi connectivity index (χ4v) is 2.61. The number of aliphatic hydroxyl groups is 1. The standard InChI is InChI=1S/C12H17BrN2O2/c13-11-2-1-3-12(10(11)6-14)15-4-5-17-9(7-15)8-16/h1-3,9,16H,4-8,14H2. The second-order valence-corrected chi connectivity index (χ2v) is 4.92. The molecule has 0 amide bonds.